The van der Waals surface area contributed by atoms with Crippen molar-refractivity contribution in [3.05, 3.63) is 29.8 Å². The summed E-state index contributed by atoms with van der Waals surface area (Å²) in [6, 6.07) is 7.88. The number of ether oxygens (including phenoxy) is 2. The monoisotopic (exact) mass is 280 g/mol. The first kappa shape index (κ1) is 16.5. The van der Waals surface area contributed by atoms with Gasteiger partial charge in [-0.3, -0.25) is 4.79 Å². The molecule has 112 valence electrons. The van der Waals surface area contributed by atoms with Gasteiger partial charge < -0.3 is 20.5 Å². The minimum atomic E-state index is -0.210. The molecular formula is C15H24N2O3. The summed E-state index contributed by atoms with van der Waals surface area (Å²) in [5.41, 5.74) is 6.57. The van der Waals surface area contributed by atoms with Gasteiger partial charge in [0.15, 0.2) is 0 Å². The molecule has 5 heteroatoms. The normalized spacial score (nSPS) is 11.9. The van der Waals surface area contributed by atoms with Gasteiger partial charge in [-0.15, -0.1) is 0 Å². The number of nitrogens with two attached hydrogens (primary N) is 1. The van der Waals surface area contributed by atoms with Crippen LogP contribution < -0.4 is 15.8 Å². The Hall–Kier alpha value is -1.59. The molecule has 0 aliphatic heterocycles. The molecule has 0 aliphatic rings. The number of carbonyl (C=O) groups is 1. The van der Waals surface area contributed by atoms with Crippen molar-refractivity contribution in [1.29, 1.82) is 0 Å². The van der Waals surface area contributed by atoms with Crippen molar-refractivity contribution >= 4 is 5.91 Å². The second-order valence-corrected chi connectivity index (χ2v) is 4.62. The van der Waals surface area contributed by atoms with Gasteiger partial charge >= 0.3 is 0 Å². The minimum Gasteiger partial charge on any atom is -0.493 e. The predicted molar refractivity (Wildman–Crippen MR) is 78.8 cm³/mol. The van der Waals surface area contributed by atoms with Crippen LogP contribution in [0.1, 0.15) is 18.4 Å². The number of rotatable bonds is 9. The summed E-state index contributed by atoms with van der Waals surface area (Å²) in [5, 5.41) is 2.83. The van der Waals surface area contributed by atoms with E-state index in [1.807, 2.05) is 31.2 Å². The summed E-state index contributed by atoms with van der Waals surface area (Å²) in [6.45, 7) is 3.52. The third-order valence-corrected chi connectivity index (χ3v) is 3.00. The molecule has 1 unspecified atom stereocenters. The molecule has 0 saturated carbocycles. The molecule has 3 N–H and O–H groups in total. The lowest BCUT2D eigenvalue weighted by Crippen LogP contribution is -2.33. The van der Waals surface area contributed by atoms with Crippen LogP contribution in [-0.2, 0) is 9.53 Å². The summed E-state index contributed by atoms with van der Waals surface area (Å²) >= 11 is 0. The largest absolute Gasteiger partial charge is 0.493 e. The van der Waals surface area contributed by atoms with Gasteiger partial charge in [0, 0.05) is 20.2 Å². The van der Waals surface area contributed by atoms with Gasteiger partial charge in [0.05, 0.1) is 19.1 Å². The lowest BCUT2D eigenvalue weighted by Gasteiger charge is -2.13. The van der Waals surface area contributed by atoms with E-state index in [2.05, 4.69) is 5.32 Å². The Morgan fingerprint density at radius 3 is 2.80 bits per heavy atom. The van der Waals surface area contributed by atoms with Crippen LogP contribution in [0.4, 0.5) is 0 Å². The second kappa shape index (κ2) is 9.34. The number of para-hydroxylation sites is 1. The van der Waals surface area contributed by atoms with Crippen LogP contribution in [0.3, 0.4) is 0 Å². The maximum absolute atomic E-state index is 11.6. The maximum atomic E-state index is 11.6. The van der Waals surface area contributed by atoms with E-state index in [0.717, 1.165) is 17.7 Å². The van der Waals surface area contributed by atoms with Crippen LogP contribution in [0.25, 0.3) is 0 Å². The summed E-state index contributed by atoms with van der Waals surface area (Å²) in [5.74, 6) is 0.847. The van der Waals surface area contributed by atoms with Crippen molar-refractivity contribution in [2.75, 3.05) is 26.8 Å². The van der Waals surface area contributed by atoms with E-state index in [1.54, 1.807) is 7.11 Å². The number of benzene rings is 1. The van der Waals surface area contributed by atoms with Crippen LogP contribution in [0.2, 0.25) is 0 Å². The highest BCUT2D eigenvalue weighted by molar-refractivity contribution is 5.76. The van der Waals surface area contributed by atoms with Gasteiger partial charge in [-0.05, 0) is 25.0 Å². The van der Waals surface area contributed by atoms with E-state index in [1.165, 1.54) is 0 Å². The van der Waals surface area contributed by atoms with Gasteiger partial charge in [-0.2, -0.15) is 0 Å². The maximum Gasteiger partial charge on any atom is 0.222 e. The molecule has 0 heterocycles. The van der Waals surface area contributed by atoms with Crippen molar-refractivity contribution in [2.24, 2.45) is 5.73 Å². The summed E-state index contributed by atoms with van der Waals surface area (Å²) in [6.07, 6.45) is 0.852. The molecule has 1 aromatic rings. The summed E-state index contributed by atoms with van der Waals surface area (Å²) in [4.78, 5) is 11.6. The first-order valence-corrected chi connectivity index (χ1v) is 6.85. The van der Waals surface area contributed by atoms with Crippen molar-refractivity contribution in [1.82, 2.24) is 5.32 Å². The van der Waals surface area contributed by atoms with E-state index >= 15 is 0 Å². The molecule has 0 spiro atoms. The lowest BCUT2D eigenvalue weighted by molar-refractivity contribution is -0.123. The second-order valence-electron chi connectivity index (χ2n) is 4.62. The smallest absolute Gasteiger partial charge is 0.222 e. The van der Waals surface area contributed by atoms with Gasteiger partial charge in [-0.1, -0.05) is 18.2 Å². The third kappa shape index (κ3) is 6.04. The van der Waals surface area contributed by atoms with Gasteiger partial charge in [0.1, 0.15) is 5.75 Å². The number of aryl methyl sites for hydroxylation is 1. The average Bonchev–Trinajstić information content (AvgIpc) is 2.46. The molecule has 20 heavy (non-hydrogen) atoms. The fraction of sp³-hybridized carbons (Fsp3) is 0.533. The van der Waals surface area contributed by atoms with Crippen LogP contribution in [0, 0.1) is 6.92 Å². The fourth-order valence-electron chi connectivity index (χ4n) is 1.74. The van der Waals surface area contributed by atoms with Crippen molar-refractivity contribution < 1.29 is 14.3 Å². The van der Waals surface area contributed by atoms with E-state index in [-0.39, 0.29) is 12.0 Å². The van der Waals surface area contributed by atoms with E-state index in [9.17, 15) is 4.79 Å². The average molecular weight is 280 g/mol. The number of hydrogen-bond donors (Lipinski definition) is 2. The molecule has 0 radical (unpaired) electrons. The van der Waals surface area contributed by atoms with Gasteiger partial charge in [0.2, 0.25) is 5.91 Å². The lowest BCUT2D eigenvalue weighted by atomic mass is 10.2. The van der Waals surface area contributed by atoms with Crippen LogP contribution in [-0.4, -0.2) is 38.8 Å². The minimum absolute atomic E-state index is 0.0433. The third-order valence-electron chi connectivity index (χ3n) is 3.00. The zero-order valence-corrected chi connectivity index (χ0v) is 12.2. The van der Waals surface area contributed by atoms with Crippen LogP contribution >= 0.6 is 0 Å². The molecule has 0 saturated heterocycles. The van der Waals surface area contributed by atoms with Crippen LogP contribution in [0.15, 0.2) is 24.3 Å². The highest BCUT2D eigenvalue weighted by Gasteiger charge is 2.10. The van der Waals surface area contributed by atoms with Crippen molar-refractivity contribution in [2.45, 2.75) is 25.9 Å². The standard InChI is InChI=1S/C15H24N2O3/c1-12-6-3-4-7-14(12)20-9-5-8-17-15(18)10-13(11-16)19-2/h3-4,6-7,13H,5,8-11,16H2,1-2H3,(H,17,18). The Morgan fingerprint density at radius 2 is 2.15 bits per heavy atom. The number of nitrogens with one attached hydrogen (secondary N) is 1. The number of amides is 1. The Bertz CT molecular complexity index is 406. The van der Waals surface area contributed by atoms with E-state index < -0.39 is 0 Å². The Morgan fingerprint density at radius 1 is 1.40 bits per heavy atom. The first-order chi connectivity index (χ1) is 9.67. The molecule has 1 atom stereocenters. The fourth-order valence-corrected chi connectivity index (χ4v) is 1.74. The number of methoxy groups -OCH3 is 1. The molecule has 5 nitrogen and oxygen atoms in total. The first-order valence-electron chi connectivity index (χ1n) is 6.85. The van der Waals surface area contributed by atoms with Gasteiger partial charge in [-0.25, -0.2) is 0 Å². The van der Waals surface area contributed by atoms with Crippen LogP contribution in [0.5, 0.6) is 5.75 Å². The molecule has 0 aliphatic carbocycles. The topological polar surface area (TPSA) is 73.6 Å². The number of hydrogen-bond acceptors (Lipinski definition) is 4. The predicted octanol–water partition coefficient (Wildman–Crippen LogP) is 1.24. The highest BCUT2D eigenvalue weighted by atomic mass is 16.5. The summed E-state index contributed by atoms with van der Waals surface area (Å²) in [7, 11) is 1.56. The van der Waals surface area contributed by atoms with E-state index in [0.29, 0.717) is 26.1 Å². The highest BCUT2D eigenvalue weighted by Crippen LogP contribution is 2.15. The molecular weight excluding hydrogens is 256 g/mol. The SMILES string of the molecule is COC(CN)CC(=O)NCCCOc1ccccc1C. The number of carbonyl (C=O) groups excluding carboxylic acids is 1. The molecule has 1 rings (SSSR count). The molecule has 1 aromatic carbocycles. The Kier molecular flexibility index (Phi) is 7.69. The zero-order chi connectivity index (χ0) is 14.8. The zero-order valence-electron chi connectivity index (χ0n) is 12.2. The van der Waals surface area contributed by atoms with Crippen molar-refractivity contribution in [3.8, 4) is 5.75 Å². The van der Waals surface area contributed by atoms with E-state index in [4.69, 9.17) is 15.2 Å². The Labute approximate surface area is 120 Å². The molecule has 0 aromatic heterocycles. The molecule has 0 bridgehead atoms. The Balaban J connectivity index is 2.13. The van der Waals surface area contributed by atoms with Crippen molar-refractivity contribution in [3.63, 3.8) is 0 Å². The summed E-state index contributed by atoms with van der Waals surface area (Å²) < 4.78 is 10.7. The van der Waals surface area contributed by atoms with Gasteiger partial charge in [0.25, 0.3) is 0 Å². The quantitative estimate of drug-likeness (QED) is 0.668. The molecule has 1 amide bonds. The molecule has 0 fully saturated rings.